The van der Waals surface area contributed by atoms with Crippen LogP contribution in [0.25, 0.3) is 5.78 Å². The van der Waals surface area contributed by atoms with E-state index in [9.17, 15) is 9.59 Å². The number of furan rings is 1. The summed E-state index contributed by atoms with van der Waals surface area (Å²) in [6.07, 6.45) is 3.99. The molecular weight excluding hydrogens is 394 g/mol. The van der Waals surface area contributed by atoms with E-state index in [0.717, 1.165) is 24.0 Å². The highest BCUT2D eigenvalue weighted by atomic mass is 16.3. The van der Waals surface area contributed by atoms with Gasteiger partial charge in [0.25, 0.3) is 17.2 Å². The summed E-state index contributed by atoms with van der Waals surface area (Å²) in [6, 6.07) is 11.1. The van der Waals surface area contributed by atoms with Gasteiger partial charge in [0.2, 0.25) is 5.95 Å². The molecule has 4 rings (SSSR count). The lowest BCUT2D eigenvalue weighted by atomic mass is 10.1. The first-order valence-electron chi connectivity index (χ1n) is 10.4. The van der Waals surface area contributed by atoms with Gasteiger partial charge in [-0.05, 0) is 44.4 Å². The highest BCUT2D eigenvalue weighted by Gasteiger charge is 2.25. The van der Waals surface area contributed by atoms with Gasteiger partial charge < -0.3 is 4.42 Å². The lowest BCUT2D eigenvalue weighted by Gasteiger charge is -2.18. The third-order valence-corrected chi connectivity index (χ3v) is 5.26. The molecule has 0 aliphatic heterocycles. The fourth-order valence-corrected chi connectivity index (χ4v) is 3.46. The average molecular weight is 419 g/mol. The van der Waals surface area contributed by atoms with Crippen LogP contribution in [-0.2, 0) is 13.0 Å². The number of anilines is 1. The van der Waals surface area contributed by atoms with Crippen molar-refractivity contribution in [2.45, 2.75) is 46.6 Å². The fraction of sp³-hybridized carbons (Fsp3) is 0.304. The van der Waals surface area contributed by atoms with E-state index in [1.54, 1.807) is 12.1 Å². The van der Waals surface area contributed by atoms with Gasteiger partial charge in [-0.3, -0.25) is 19.6 Å². The largest absolute Gasteiger partial charge is 0.459 e. The van der Waals surface area contributed by atoms with Crippen LogP contribution in [0.1, 0.15) is 52.7 Å². The molecule has 3 aromatic heterocycles. The second kappa shape index (κ2) is 8.59. The van der Waals surface area contributed by atoms with Crippen molar-refractivity contribution in [2.24, 2.45) is 0 Å². The minimum Gasteiger partial charge on any atom is -0.459 e. The maximum atomic E-state index is 13.2. The number of benzene rings is 1. The molecule has 0 aliphatic carbocycles. The molecule has 0 bridgehead atoms. The van der Waals surface area contributed by atoms with Gasteiger partial charge in [0.05, 0.1) is 18.5 Å². The van der Waals surface area contributed by atoms with Gasteiger partial charge in [0.1, 0.15) is 0 Å². The number of carbonyl (C=O) groups is 1. The summed E-state index contributed by atoms with van der Waals surface area (Å²) in [5.74, 6) is 0.297. The van der Waals surface area contributed by atoms with Gasteiger partial charge in [-0.25, -0.2) is 4.98 Å². The number of rotatable bonds is 7. The Morgan fingerprint density at radius 3 is 2.61 bits per heavy atom. The molecule has 1 N–H and O–H groups in total. The number of nitrogens with one attached hydrogen (secondary N) is 1. The second-order valence-electron chi connectivity index (χ2n) is 7.62. The Balaban J connectivity index is 1.78. The number of hydrogen-bond acceptors (Lipinski definition) is 5. The summed E-state index contributed by atoms with van der Waals surface area (Å²) in [5, 5.41) is 2.98. The van der Waals surface area contributed by atoms with Gasteiger partial charge >= 0.3 is 0 Å². The van der Waals surface area contributed by atoms with Crippen molar-refractivity contribution >= 4 is 17.6 Å². The number of aromatic nitrogens is 4. The molecular formula is C23H25N5O3. The highest BCUT2D eigenvalue weighted by molar-refractivity contribution is 6.03. The summed E-state index contributed by atoms with van der Waals surface area (Å²) in [4.78, 5) is 36.6. The Morgan fingerprint density at radius 2 is 1.94 bits per heavy atom. The number of nitrogens with zero attached hydrogens (tertiary/aromatic N) is 4. The van der Waals surface area contributed by atoms with E-state index in [4.69, 9.17) is 4.42 Å². The summed E-state index contributed by atoms with van der Waals surface area (Å²) in [5.41, 5.74) is 3.19. The number of H-pyrrole nitrogens is 1. The first-order valence-corrected chi connectivity index (χ1v) is 10.4. The number of unbranched alkanes of at least 4 members (excludes halogenated alkanes) is 1. The number of aryl methyl sites for hydroxylation is 2. The molecule has 0 aliphatic rings. The van der Waals surface area contributed by atoms with Crippen molar-refractivity contribution in [3.8, 4) is 0 Å². The van der Waals surface area contributed by atoms with Gasteiger partial charge in [0, 0.05) is 5.56 Å². The molecule has 0 saturated carbocycles. The van der Waals surface area contributed by atoms with Crippen molar-refractivity contribution in [2.75, 3.05) is 4.90 Å². The predicted octanol–water partition coefficient (Wildman–Crippen LogP) is 3.82. The fourth-order valence-electron chi connectivity index (χ4n) is 3.46. The van der Waals surface area contributed by atoms with E-state index in [0.29, 0.717) is 17.7 Å². The number of carbonyl (C=O) groups excluding carboxylic acids is 1. The first kappa shape index (κ1) is 20.6. The van der Waals surface area contributed by atoms with Gasteiger partial charge in [-0.1, -0.05) is 43.2 Å². The molecule has 1 aromatic carbocycles. The maximum Gasteiger partial charge on any atom is 0.296 e. The molecule has 160 valence electrons. The number of hydrogen-bond donors (Lipinski definition) is 1. The van der Waals surface area contributed by atoms with Crippen LogP contribution in [-0.4, -0.2) is 25.5 Å². The molecule has 0 spiro atoms. The van der Waals surface area contributed by atoms with Crippen molar-refractivity contribution in [1.82, 2.24) is 19.6 Å². The first-order chi connectivity index (χ1) is 15.0. The number of amides is 1. The minimum atomic E-state index is -0.361. The average Bonchev–Trinajstić information content (AvgIpc) is 3.43. The Morgan fingerprint density at radius 1 is 1.16 bits per heavy atom. The molecule has 1 amide bonds. The van der Waals surface area contributed by atoms with E-state index in [2.05, 4.69) is 22.0 Å². The van der Waals surface area contributed by atoms with Gasteiger partial charge in [-0.15, -0.1) is 0 Å². The monoisotopic (exact) mass is 419 g/mol. The molecule has 31 heavy (non-hydrogen) atoms. The third-order valence-electron chi connectivity index (χ3n) is 5.26. The topological polar surface area (TPSA) is 96.5 Å². The summed E-state index contributed by atoms with van der Waals surface area (Å²) >= 11 is 0. The lowest BCUT2D eigenvalue weighted by Crippen LogP contribution is -2.31. The SMILES string of the molecule is CCCCc1c(C)nc2nc(N(Cc3ccc(C)cc3)C(=O)c3ccco3)[nH]n2c1=O. The number of fused-ring (bicyclic) bond motifs is 1. The van der Waals surface area contributed by atoms with Crippen molar-refractivity contribution in [3.63, 3.8) is 0 Å². The van der Waals surface area contributed by atoms with Crippen LogP contribution in [0.3, 0.4) is 0 Å². The van der Waals surface area contributed by atoms with E-state index < -0.39 is 0 Å². The molecule has 0 saturated heterocycles. The van der Waals surface area contributed by atoms with Crippen LogP contribution >= 0.6 is 0 Å². The van der Waals surface area contributed by atoms with E-state index in [1.165, 1.54) is 15.7 Å². The van der Waals surface area contributed by atoms with Crippen LogP contribution < -0.4 is 10.5 Å². The van der Waals surface area contributed by atoms with Crippen LogP contribution in [0.2, 0.25) is 0 Å². The Labute approximate surface area is 179 Å². The van der Waals surface area contributed by atoms with Crippen LogP contribution in [0, 0.1) is 13.8 Å². The predicted molar refractivity (Wildman–Crippen MR) is 117 cm³/mol. The summed E-state index contributed by atoms with van der Waals surface area (Å²) < 4.78 is 6.63. The zero-order valence-electron chi connectivity index (χ0n) is 17.9. The zero-order chi connectivity index (χ0) is 22.0. The molecule has 0 atom stereocenters. The van der Waals surface area contributed by atoms with Crippen molar-refractivity contribution in [3.05, 3.63) is 81.2 Å². The molecule has 4 aromatic rings. The molecule has 3 heterocycles. The smallest absolute Gasteiger partial charge is 0.296 e. The standard InChI is InChI=1S/C23H25N5O3/c1-4-5-7-18-16(3)24-22-25-23(26-28(22)20(18)29)27(21(30)19-8-6-13-31-19)14-17-11-9-15(2)10-12-17/h6,8-13H,4-5,7,14H2,1-3H3,(H,24,25,26). The Hall–Kier alpha value is -3.68. The molecule has 0 radical (unpaired) electrons. The number of aromatic amines is 1. The van der Waals surface area contributed by atoms with E-state index >= 15 is 0 Å². The minimum absolute atomic E-state index is 0.185. The lowest BCUT2D eigenvalue weighted by molar-refractivity contribution is 0.0956. The third kappa shape index (κ3) is 4.14. The van der Waals surface area contributed by atoms with Gasteiger partial charge in [-0.2, -0.15) is 9.50 Å². The maximum absolute atomic E-state index is 13.2. The molecule has 8 nitrogen and oxygen atoms in total. The second-order valence-corrected chi connectivity index (χ2v) is 7.62. The van der Waals surface area contributed by atoms with Crippen LogP contribution in [0.15, 0.2) is 51.9 Å². The zero-order valence-corrected chi connectivity index (χ0v) is 17.9. The van der Waals surface area contributed by atoms with Crippen molar-refractivity contribution < 1.29 is 9.21 Å². The highest BCUT2D eigenvalue weighted by Crippen LogP contribution is 2.18. The quantitative estimate of drug-likeness (QED) is 0.491. The van der Waals surface area contributed by atoms with Crippen LogP contribution in [0.5, 0.6) is 0 Å². The van der Waals surface area contributed by atoms with Crippen LogP contribution in [0.4, 0.5) is 5.95 Å². The normalized spacial score (nSPS) is 11.2. The Bertz CT molecular complexity index is 1250. The molecule has 0 fully saturated rings. The molecule has 0 unspecified atom stereocenters. The van der Waals surface area contributed by atoms with E-state index in [1.807, 2.05) is 38.1 Å². The van der Waals surface area contributed by atoms with E-state index in [-0.39, 0.29) is 35.5 Å². The van der Waals surface area contributed by atoms with Crippen molar-refractivity contribution in [1.29, 1.82) is 0 Å². The van der Waals surface area contributed by atoms with Gasteiger partial charge in [0.15, 0.2) is 5.76 Å². The summed E-state index contributed by atoms with van der Waals surface area (Å²) in [6.45, 7) is 6.16. The Kier molecular flexibility index (Phi) is 5.70. The molecule has 8 heteroatoms. The summed E-state index contributed by atoms with van der Waals surface area (Å²) in [7, 11) is 0.